The summed E-state index contributed by atoms with van der Waals surface area (Å²) in [5.41, 5.74) is 2.05. The Balaban J connectivity index is 2.46. The number of likely N-dealkylation sites (N-methyl/N-ethyl adjacent to an activating group) is 1. The van der Waals surface area contributed by atoms with Gasteiger partial charge < -0.3 is 0 Å². The van der Waals surface area contributed by atoms with E-state index >= 15 is 0 Å². The molecule has 0 spiro atoms. The highest BCUT2D eigenvalue weighted by molar-refractivity contribution is 14.1. The van der Waals surface area contributed by atoms with Gasteiger partial charge in [0.2, 0.25) is 5.91 Å². The Morgan fingerprint density at radius 3 is 3.07 bits per heavy atom. The fraction of sp³-hybridized carbons (Fsp3) is 0.333. The van der Waals surface area contributed by atoms with Crippen LogP contribution in [-0.2, 0) is 11.3 Å². The molecule has 14 heavy (non-hydrogen) atoms. The van der Waals surface area contributed by atoms with Crippen molar-refractivity contribution >= 4 is 34.5 Å². The van der Waals surface area contributed by atoms with Gasteiger partial charge in [0.25, 0.3) is 0 Å². The highest BCUT2D eigenvalue weighted by atomic mass is 127. The molecule has 0 saturated carbocycles. The Bertz CT molecular complexity index is 369. The van der Waals surface area contributed by atoms with Crippen molar-refractivity contribution in [2.45, 2.75) is 6.54 Å². The molecular formula is C9H10IN3O. The minimum atomic E-state index is 0.109. The van der Waals surface area contributed by atoms with Crippen LogP contribution in [0.5, 0.6) is 0 Å². The van der Waals surface area contributed by atoms with Gasteiger partial charge in [-0.05, 0) is 13.1 Å². The molecular weight excluding hydrogens is 293 g/mol. The van der Waals surface area contributed by atoms with Gasteiger partial charge in [-0.25, -0.2) is 0 Å². The molecule has 0 bridgehead atoms. The van der Waals surface area contributed by atoms with E-state index in [4.69, 9.17) is 0 Å². The third-order valence-corrected chi connectivity index (χ3v) is 3.21. The first-order valence-electron chi connectivity index (χ1n) is 4.28. The highest BCUT2D eigenvalue weighted by Crippen LogP contribution is 2.26. The molecule has 2 heterocycles. The molecule has 0 radical (unpaired) electrons. The molecule has 0 aromatic carbocycles. The Labute approximate surface area is 96.4 Å². The number of carbonyl (C=O) groups excluding carboxylic acids is 1. The summed E-state index contributed by atoms with van der Waals surface area (Å²) in [5.74, 6) is 0.109. The van der Waals surface area contributed by atoms with E-state index in [0.717, 1.165) is 17.8 Å². The van der Waals surface area contributed by atoms with E-state index in [2.05, 4.69) is 4.98 Å². The van der Waals surface area contributed by atoms with Crippen molar-refractivity contribution in [2.24, 2.45) is 0 Å². The van der Waals surface area contributed by atoms with Crippen molar-refractivity contribution < 1.29 is 4.79 Å². The largest absolute Gasteiger partial charge is 0.293 e. The van der Waals surface area contributed by atoms with Crippen molar-refractivity contribution in [2.75, 3.05) is 16.7 Å². The normalized spacial score (nSPS) is 17.9. The Kier molecular flexibility index (Phi) is 2.69. The number of halogens is 1. The van der Waals surface area contributed by atoms with Crippen molar-refractivity contribution in [3.63, 3.8) is 0 Å². The van der Waals surface area contributed by atoms with Gasteiger partial charge in [-0.3, -0.25) is 17.8 Å². The lowest BCUT2D eigenvalue weighted by Gasteiger charge is -2.13. The molecule has 1 aromatic rings. The van der Waals surface area contributed by atoms with E-state index in [9.17, 15) is 4.79 Å². The zero-order valence-electron chi connectivity index (χ0n) is 7.77. The van der Waals surface area contributed by atoms with Gasteiger partial charge >= 0.3 is 0 Å². The first-order valence-corrected chi connectivity index (χ1v) is 5.25. The van der Waals surface area contributed by atoms with Crippen LogP contribution in [0.2, 0.25) is 0 Å². The van der Waals surface area contributed by atoms with E-state index in [-0.39, 0.29) is 5.91 Å². The van der Waals surface area contributed by atoms with Gasteiger partial charge in [0.15, 0.2) is 0 Å². The predicted octanol–water partition coefficient (Wildman–Crippen LogP) is 1.21. The second kappa shape index (κ2) is 3.82. The average molecular weight is 303 g/mol. The summed E-state index contributed by atoms with van der Waals surface area (Å²) in [6, 6.07) is 1.87. The van der Waals surface area contributed by atoms with Crippen molar-refractivity contribution in [3.8, 4) is 0 Å². The van der Waals surface area contributed by atoms with Crippen LogP contribution in [-0.4, -0.2) is 29.4 Å². The summed E-state index contributed by atoms with van der Waals surface area (Å²) < 4.78 is 1.66. The van der Waals surface area contributed by atoms with Gasteiger partial charge in [0.1, 0.15) is 0 Å². The smallest absolute Gasteiger partial charge is 0.250 e. The van der Waals surface area contributed by atoms with Crippen LogP contribution in [0.3, 0.4) is 0 Å². The number of nitrogens with zero attached hydrogens (tertiary/aromatic N) is 3. The predicted molar refractivity (Wildman–Crippen MR) is 62.1 cm³/mol. The minimum absolute atomic E-state index is 0.109. The van der Waals surface area contributed by atoms with Gasteiger partial charge in [0, 0.05) is 24.5 Å². The first-order chi connectivity index (χ1) is 6.68. The standard InChI is InChI=1S/C9H10IN3O/c1-12-5-7-4-11-3-2-8(7)13(10)9(14)6-12/h2-4H,5-6H2,1H3. The molecule has 5 heteroatoms. The first kappa shape index (κ1) is 9.85. The molecule has 2 rings (SSSR count). The maximum atomic E-state index is 11.6. The second-order valence-corrected chi connectivity index (χ2v) is 4.32. The molecule has 0 saturated heterocycles. The van der Waals surface area contributed by atoms with E-state index in [0.29, 0.717) is 6.54 Å². The number of fused-ring (bicyclic) bond motifs is 1. The van der Waals surface area contributed by atoms with Crippen molar-refractivity contribution in [1.82, 2.24) is 9.88 Å². The summed E-state index contributed by atoms with van der Waals surface area (Å²) in [5, 5.41) is 0. The number of hydrogen-bond donors (Lipinski definition) is 0. The molecule has 0 aliphatic carbocycles. The molecule has 0 fully saturated rings. The summed E-state index contributed by atoms with van der Waals surface area (Å²) >= 11 is 2.04. The second-order valence-electron chi connectivity index (χ2n) is 3.35. The zero-order valence-corrected chi connectivity index (χ0v) is 9.93. The van der Waals surface area contributed by atoms with Crippen LogP contribution in [0, 0.1) is 0 Å². The van der Waals surface area contributed by atoms with Crippen molar-refractivity contribution in [3.05, 3.63) is 24.0 Å². The molecule has 1 aliphatic rings. The fourth-order valence-corrected chi connectivity index (χ4v) is 2.13. The molecule has 0 unspecified atom stereocenters. The number of amides is 1. The number of rotatable bonds is 0. The summed E-state index contributed by atoms with van der Waals surface area (Å²) in [7, 11) is 1.94. The molecule has 1 aliphatic heterocycles. The summed E-state index contributed by atoms with van der Waals surface area (Å²) in [4.78, 5) is 17.7. The van der Waals surface area contributed by atoms with E-state index in [1.807, 2.05) is 47.1 Å². The average Bonchev–Trinajstić information content (AvgIpc) is 2.26. The lowest BCUT2D eigenvalue weighted by molar-refractivity contribution is -0.117. The lowest BCUT2D eigenvalue weighted by Crippen LogP contribution is -2.29. The SMILES string of the molecule is CN1CC(=O)N(I)c2ccncc2C1. The minimum Gasteiger partial charge on any atom is -0.293 e. The molecule has 1 aromatic heterocycles. The maximum Gasteiger partial charge on any atom is 0.250 e. The van der Waals surface area contributed by atoms with Gasteiger partial charge in [0.05, 0.1) is 35.1 Å². The molecule has 1 amide bonds. The van der Waals surface area contributed by atoms with Crippen LogP contribution < -0.4 is 3.11 Å². The Hall–Kier alpha value is -0.690. The molecule has 74 valence electrons. The lowest BCUT2D eigenvalue weighted by atomic mass is 10.2. The number of pyridine rings is 1. The zero-order chi connectivity index (χ0) is 10.1. The molecule has 0 atom stereocenters. The number of hydrogen-bond acceptors (Lipinski definition) is 3. The monoisotopic (exact) mass is 303 g/mol. The Morgan fingerprint density at radius 1 is 1.50 bits per heavy atom. The van der Waals surface area contributed by atoms with Crippen LogP contribution in [0.4, 0.5) is 5.69 Å². The van der Waals surface area contributed by atoms with Crippen LogP contribution >= 0.6 is 22.9 Å². The van der Waals surface area contributed by atoms with Gasteiger partial charge in [-0.2, -0.15) is 0 Å². The number of anilines is 1. The van der Waals surface area contributed by atoms with Crippen LogP contribution in [0.15, 0.2) is 18.5 Å². The fourth-order valence-electron chi connectivity index (χ4n) is 1.51. The quantitative estimate of drug-likeness (QED) is 0.534. The van der Waals surface area contributed by atoms with Crippen LogP contribution in [0.25, 0.3) is 0 Å². The van der Waals surface area contributed by atoms with Gasteiger partial charge in [-0.1, -0.05) is 0 Å². The summed E-state index contributed by atoms with van der Waals surface area (Å²) in [6.07, 6.45) is 3.53. The Morgan fingerprint density at radius 2 is 2.29 bits per heavy atom. The van der Waals surface area contributed by atoms with E-state index in [1.54, 1.807) is 9.31 Å². The van der Waals surface area contributed by atoms with E-state index < -0.39 is 0 Å². The molecule has 0 N–H and O–H groups in total. The van der Waals surface area contributed by atoms with E-state index in [1.165, 1.54) is 0 Å². The van der Waals surface area contributed by atoms with Crippen LogP contribution in [0.1, 0.15) is 5.56 Å². The third kappa shape index (κ3) is 1.74. The summed E-state index contributed by atoms with van der Waals surface area (Å²) in [6.45, 7) is 1.23. The maximum absolute atomic E-state index is 11.6. The number of carbonyl (C=O) groups is 1. The van der Waals surface area contributed by atoms with Gasteiger partial charge in [-0.15, -0.1) is 0 Å². The topological polar surface area (TPSA) is 36.4 Å². The molecule has 4 nitrogen and oxygen atoms in total. The highest BCUT2D eigenvalue weighted by Gasteiger charge is 2.22. The van der Waals surface area contributed by atoms with Crippen molar-refractivity contribution in [1.29, 1.82) is 0 Å². The third-order valence-electron chi connectivity index (χ3n) is 2.15. The number of aromatic nitrogens is 1.